The van der Waals surface area contributed by atoms with Gasteiger partial charge < -0.3 is 14.9 Å². The summed E-state index contributed by atoms with van der Waals surface area (Å²) in [6, 6.07) is 2.12. The summed E-state index contributed by atoms with van der Waals surface area (Å²) >= 11 is 0.743. The zero-order valence-corrected chi connectivity index (χ0v) is 21.0. The molecular formula is C21H26F3N5O5S2. The third-order valence-corrected chi connectivity index (χ3v) is 9.40. The molecule has 2 amide bonds. The highest BCUT2D eigenvalue weighted by Crippen LogP contribution is 2.35. The van der Waals surface area contributed by atoms with Gasteiger partial charge in [-0.3, -0.25) is 14.3 Å². The minimum Gasteiger partial charge on any atom is -0.394 e. The summed E-state index contributed by atoms with van der Waals surface area (Å²) in [7, 11) is -3.01. The number of sulfonamides is 1. The van der Waals surface area contributed by atoms with Gasteiger partial charge in [0, 0.05) is 20.1 Å². The lowest BCUT2D eigenvalue weighted by atomic mass is 10.1. The summed E-state index contributed by atoms with van der Waals surface area (Å²) in [6.07, 6.45) is -2.40. The van der Waals surface area contributed by atoms with Gasteiger partial charge in [0.25, 0.3) is 10.0 Å². The summed E-state index contributed by atoms with van der Waals surface area (Å²) in [5.41, 5.74) is -0.979. The molecule has 0 bridgehead atoms. The molecule has 15 heteroatoms. The number of alkyl halides is 3. The Morgan fingerprint density at radius 1 is 1.25 bits per heavy atom. The molecule has 2 aromatic heterocycles. The lowest BCUT2D eigenvalue weighted by molar-refractivity contribution is -0.143. The van der Waals surface area contributed by atoms with E-state index in [4.69, 9.17) is 0 Å². The second kappa shape index (κ2) is 10.1. The zero-order valence-electron chi connectivity index (χ0n) is 19.4. The Hall–Kier alpha value is -2.49. The molecular weight excluding hydrogens is 523 g/mol. The second-order valence-electron chi connectivity index (χ2n) is 8.80. The van der Waals surface area contributed by atoms with Crippen molar-refractivity contribution >= 4 is 33.2 Å². The van der Waals surface area contributed by atoms with Crippen LogP contribution >= 0.6 is 11.3 Å². The van der Waals surface area contributed by atoms with Crippen molar-refractivity contribution in [3.8, 4) is 10.6 Å². The van der Waals surface area contributed by atoms with E-state index in [1.807, 2.05) is 0 Å². The predicted octanol–water partition coefficient (Wildman–Crippen LogP) is 1.42. The van der Waals surface area contributed by atoms with E-state index in [1.54, 1.807) is 4.90 Å². The molecule has 0 spiro atoms. The number of rotatable bonds is 7. The number of thiophene rings is 1. The van der Waals surface area contributed by atoms with Crippen LogP contribution in [-0.2, 0) is 32.8 Å². The molecule has 0 unspecified atom stereocenters. The van der Waals surface area contributed by atoms with Crippen LogP contribution in [0.3, 0.4) is 0 Å². The molecule has 4 heterocycles. The van der Waals surface area contributed by atoms with E-state index < -0.39 is 33.8 Å². The molecule has 2 atom stereocenters. The Kier molecular flexibility index (Phi) is 7.46. The first-order valence-electron chi connectivity index (χ1n) is 11.3. The van der Waals surface area contributed by atoms with Gasteiger partial charge in [0.15, 0.2) is 0 Å². The fourth-order valence-electron chi connectivity index (χ4n) is 4.52. The first-order chi connectivity index (χ1) is 16.9. The number of aromatic nitrogens is 2. The van der Waals surface area contributed by atoms with E-state index in [-0.39, 0.29) is 46.3 Å². The molecule has 2 aromatic rings. The summed E-state index contributed by atoms with van der Waals surface area (Å²) in [6.45, 7) is 0.466. The molecule has 2 aliphatic rings. The van der Waals surface area contributed by atoms with Crippen LogP contribution in [0.15, 0.2) is 22.4 Å². The SMILES string of the molecule is Cn1nc(-c2ccc(S(=O)(=O)N[C@H]3CCCN(CC(=O)N4CCC[C@H]4CO)C3=O)s2)cc1C(F)(F)F. The standard InChI is InChI=1S/C21H26F3N5O5S2/c1-27-17(21(22,23)24)10-15(25-27)16-6-7-19(35-16)36(33,34)26-14-5-3-8-28(20(14)32)11-18(31)29-9-2-4-13(29)12-30/h6-7,10,13-14,26,30H,2-5,8-9,11-12H2,1H3/t13-,14-/m0/s1. The first kappa shape index (κ1) is 26.6. The number of aliphatic hydroxyl groups excluding tert-OH is 1. The number of amides is 2. The number of carbonyl (C=O) groups is 2. The van der Waals surface area contributed by atoms with E-state index in [0.717, 1.165) is 30.9 Å². The minimum atomic E-state index is -4.60. The van der Waals surface area contributed by atoms with E-state index in [9.17, 15) is 36.3 Å². The number of likely N-dealkylation sites (tertiary alicyclic amines) is 2. The van der Waals surface area contributed by atoms with Crippen LogP contribution < -0.4 is 4.72 Å². The van der Waals surface area contributed by atoms with Crippen LogP contribution in [0.25, 0.3) is 10.6 Å². The highest BCUT2D eigenvalue weighted by Gasteiger charge is 2.37. The monoisotopic (exact) mass is 549 g/mol. The van der Waals surface area contributed by atoms with Crippen LogP contribution in [0, 0.1) is 0 Å². The quantitative estimate of drug-likeness (QED) is 0.538. The Balaban J connectivity index is 1.44. The zero-order chi connectivity index (χ0) is 26.3. The number of hydrogen-bond acceptors (Lipinski definition) is 7. The van der Waals surface area contributed by atoms with Gasteiger partial charge in [-0.2, -0.15) is 23.0 Å². The van der Waals surface area contributed by atoms with Gasteiger partial charge in [-0.1, -0.05) is 0 Å². The maximum absolute atomic E-state index is 13.1. The Bertz CT molecular complexity index is 1240. The number of piperidine rings is 1. The summed E-state index contributed by atoms with van der Waals surface area (Å²) in [5.74, 6) is -0.811. The average molecular weight is 550 g/mol. The minimum absolute atomic E-state index is 0.0159. The molecule has 36 heavy (non-hydrogen) atoms. The molecule has 4 rings (SSSR count). The molecule has 10 nitrogen and oxygen atoms in total. The second-order valence-corrected chi connectivity index (χ2v) is 11.8. The maximum Gasteiger partial charge on any atom is 0.433 e. The molecule has 2 N–H and O–H groups in total. The summed E-state index contributed by atoms with van der Waals surface area (Å²) < 4.78 is 68.0. The van der Waals surface area contributed by atoms with Crippen LogP contribution in [0.2, 0.25) is 0 Å². The smallest absolute Gasteiger partial charge is 0.394 e. The fraction of sp³-hybridized carbons (Fsp3) is 0.571. The summed E-state index contributed by atoms with van der Waals surface area (Å²) in [4.78, 5) is 28.7. The van der Waals surface area contributed by atoms with Gasteiger partial charge in [-0.25, -0.2) is 8.42 Å². The Morgan fingerprint density at radius 3 is 2.64 bits per heavy atom. The molecule has 0 aromatic carbocycles. The number of hydrogen-bond donors (Lipinski definition) is 2. The van der Waals surface area contributed by atoms with Crippen molar-refractivity contribution in [3.63, 3.8) is 0 Å². The number of aliphatic hydroxyl groups is 1. The van der Waals surface area contributed by atoms with E-state index >= 15 is 0 Å². The molecule has 0 radical (unpaired) electrons. The number of nitrogens with one attached hydrogen (secondary N) is 1. The number of nitrogens with zero attached hydrogens (tertiary/aromatic N) is 4. The van der Waals surface area contributed by atoms with Crippen LogP contribution in [0.5, 0.6) is 0 Å². The van der Waals surface area contributed by atoms with Crippen molar-refractivity contribution in [3.05, 3.63) is 23.9 Å². The number of aryl methyl sites for hydroxylation is 1. The van der Waals surface area contributed by atoms with E-state index in [2.05, 4.69) is 9.82 Å². The predicted molar refractivity (Wildman–Crippen MR) is 123 cm³/mol. The molecule has 2 aliphatic heterocycles. The molecule has 0 saturated carbocycles. The van der Waals surface area contributed by atoms with Crippen LogP contribution in [-0.4, -0.2) is 83.2 Å². The lowest BCUT2D eigenvalue weighted by Crippen LogP contribution is -2.55. The third-order valence-electron chi connectivity index (χ3n) is 6.33. The molecule has 198 valence electrons. The topological polar surface area (TPSA) is 125 Å². The molecule has 2 saturated heterocycles. The highest BCUT2D eigenvalue weighted by molar-refractivity contribution is 7.91. The van der Waals surface area contributed by atoms with Gasteiger partial charge in [0.1, 0.15) is 21.6 Å². The van der Waals surface area contributed by atoms with Gasteiger partial charge in [-0.15, -0.1) is 11.3 Å². The van der Waals surface area contributed by atoms with Crippen molar-refractivity contribution in [2.75, 3.05) is 26.2 Å². The normalized spacial score (nSPS) is 21.4. The maximum atomic E-state index is 13.1. The lowest BCUT2D eigenvalue weighted by Gasteiger charge is -2.33. The van der Waals surface area contributed by atoms with Crippen LogP contribution in [0.4, 0.5) is 13.2 Å². The van der Waals surface area contributed by atoms with Crippen molar-refractivity contribution < 1.29 is 36.3 Å². The van der Waals surface area contributed by atoms with E-state index in [1.165, 1.54) is 17.0 Å². The van der Waals surface area contributed by atoms with Crippen LogP contribution in [0.1, 0.15) is 31.4 Å². The van der Waals surface area contributed by atoms with Gasteiger partial charge in [-0.05, 0) is 43.9 Å². The average Bonchev–Trinajstić information content (AvgIpc) is 3.54. The molecule has 2 fully saturated rings. The first-order valence-corrected chi connectivity index (χ1v) is 13.6. The van der Waals surface area contributed by atoms with E-state index in [0.29, 0.717) is 30.6 Å². The van der Waals surface area contributed by atoms with Gasteiger partial charge >= 0.3 is 6.18 Å². The molecule has 0 aliphatic carbocycles. The third kappa shape index (κ3) is 5.43. The van der Waals surface area contributed by atoms with Crippen molar-refractivity contribution in [2.45, 2.75) is 48.2 Å². The van der Waals surface area contributed by atoms with Crippen molar-refractivity contribution in [1.29, 1.82) is 0 Å². The fourth-order valence-corrected chi connectivity index (χ4v) is 7.02. The highest BCUT2D eigenvalue weighted by atomic mass is 32.2. The van der Waals surface area contributed by atoms with Crippen molar-refractivity contribution in [1.82, 2.24) is 24.3 Å². The number of carbonyl (C=O) groups excluding carboxylic acids is 2. The van der Waals surface area contributed by atoms with Gasteiger partial charge in [0.2, 0.25) is 11.8 Å². The Labute approximate surface area is 209 Å². The largest absolute Gasteiger partial charge is 0.433 e. The van der Waals surface area contributed by atoms with Crippen molar-refractivity contribution in [2.24, 2.45) is 7.05 Å². The number of halogens is 3. The Morgan fingerprint density at radius 2 is 1.97 bits per heavy atom. The van der Waals surface area contributed by atoms with Gasteiger partial charge in [0.05, 0.1) is 24.1 Å². The summed E-state index contributed by atoms with van der Waals surface area (Å²) in [5, 5.41) is 13.3.